The molecule has 0 atom stereocenters. The first-order valence-corrected chi connectivity index (χ1v) is 12.5. The van der Waals surface area contributed by atoms with E-state index in [1.165, 1.54) is 44.9 Å². The summed E-state index contributed by atoms with van der Waals surface area (Å²) in [6.07, 6.45) is 12.9. The van der Waals surface area contributed by atoms with Crippen molar-refractivity contribution in [2.24, 2.45) is 5.10 Å². The average Bonchev–Trinajstić information content (AvgIpc) is 2.86. The van der Waals surface area contributed by atoms with E-state index in [0.29, 0.717) is 13.0 Å². The SMILES string of the molecule is CCCCCCCCCCCC(=O)NCC(=O)N/N=C/c1cccc(OCc2ccccc2)c1. The monoisotopic (exact) mass is 465 g/mol. The van der Waals surface area contributed by atoms with Gasteiger partial charge in [-0.1, -0.05) is 101 Å². The maximum Gasteiger partial charge on any atom is 0.259 e. The van der Waals surface area contributed by atoms with Crippen LogP contribution in [0.2, 0.25) is 0 Å². The summed E-state index contributed by atoms with van der Waals surface area (Å²) in [5, 5.41) is 6.62. The standard InChI is InChI=1S/C28H39N3O3/c1-2-3-4-5-6-7-8-9-13-19-27(32)29-22-28(33)31-30-21-25-17-14-18-26(20-25)34-23-24-15-11-10-12-16-24/h10-12,14-18,20-21H,2-9,13,19,22-23H2,1H3,(H,29,32)(H,31,33)/b30-21+. The van der Waals surface area contributed by atoms with Gasteiger partial charge in [-0.15, -0.1) is 0 Å². The third-order valence-electron chi connectivity index (χ3n) is 5.46. The lowest BCUT2D eigenvalue weighted by Crippen LogP contribution is -2.34. The highest BCUT2D eigenvalue weighted by Crippen LogP contribution is 2.14. The van der Waals surface area contributed by atoms with Crippen LogP contribution in [0.3, 0.4) is 0 Å². The van der Waals surface area contributed by atoms with E-state index in [-0.39, 0.29) is 18.4 Å². The number of nitrogens with zero attached hydrogens (tertiary/aromatic N) is 1. The Bertz CT molecular complexity index is 868. The van der Waals surface area contributed by atoms with E-state index in [2.05, 4.69) is 22.8 Å². The average molecular weight is 466 g/mol. The molecule has 0 aliphatic carbocycles. The van der Waals surface area contributed by atoms with Crippen LogP contribution in [0.4, 0.5) is 0 Å². The largest absolute Gasteiger partial charge is 0.489 e. The van der Waals surface area contributed by atoms with Crippen LogP contribution < -0.4 is 15.5 Å². The van der Waals surface area contributed by atoms with E-state index in [1.54, 1.807) is 6.21 Å². The number of amides is 2. The molecule has 2 aromatic carbocycles. The molecule has 34 heavy (non-hydrogen) atoms. The first-order valence-electron chi connectivity index (χ1n) is 12.5. The molecule has 184 valence electrons. The zero-order valence-electron chi connectivity index (χ0n) is 20.4. The molecular weight excluding hydrogens is 426 g/mol. The lowest BCUT2D eigenvalue weighted by Gasteiger charge is -2.07. The van der Waals surface area contributed by atoms with Gasteiger partial charge in [0, 0.05) is 6.42 Å². The van der Waals surface area contributed by atoms with Crippen molar-refractivity contribution < 1.29 is 14.3 Å². The van der Waals surface area contributed by atoms with Crippen molar-refractivity contribution in [1.82, 2.24) is 10.7 Å². The van der Waals surface area contributed by atoms with Crippen molar-refractivity contribution in [2.75, 3.05) is 6.54 Å². The van der Waals surface area contributed by atoms with E-state index < -0.39 is 0 Å². The van der Waals surface area contributed by atoms with Crippen molar-refractivity contribution >= 4 is 18.0 Å². The number of ether oxygens (including phenoxy) is 1. The van der Waals surface area contributed by atoms with Crippen LogP contribution in [0.25, 0.3) is 0 Å². The predicted octanol–water partition coefficient (Wildman–Crippen LogP) is 5.75. The molecule has 6 heteroatoms. The Morgan fingerprint density at radius 1 is 0.853 bits per heavy atom. The summed E-state index contributed by atoms with van der Waals surface area (Å²) < 4.78 is 5.80. The van der Waals surface area contributed by atoms with E-state index in [1.807, 2.05) is 54.6 Å². The van der Waals surface area contributed by atoms with E-state index >= 15 is 0 Å². The molecule has 2 N–H and O–H groups in total. The summed E-state index contributed by atoms with van der Waals surface area (Å²) in [7, 11) is 0. The van der Waals surface area contributed by atoms with Gasteiger partial charge < -0.3 is 10.1 Å². The van der Waals surface area contributed by atoms with Crippen LogP contribution in [0.1, 0.15) is 82.3 Å². The second-order valence-corrected chi connectivity index (χ2v) is 8.50. The molecule has 0 unspecified atom stereocenters. The smallest absolute Gasteiger partial charge is 0.259 e. The van der Waals surface area contributed by atoms with Gasteiger partial charge in [-0.3, -0.25) is 9.59 Å². The summed E-state index contributed by atoms with van der Waals surface area (Å²) in [6.45, 7) is 2.64. The van der Waals surface area contributed by atoms with Crippen LogP contribution in [0.5, 0.6) is 5.75 Å². The third-order valence-corrected chi connectivity index (χ3v) is 5.46. The minimum absolute atomic E-state index is 0.0756. The summed E-state index contributed by atoms with van der Waals surface area (Å²) in [4.78, 5) is 23.8. The Balaban J connectivity index is 1.55. The lowest BCUT2D eigenvalue weighted by atomic mass is 10.1. The zero-order chi connectivity index (χ0) is 24.3. The topological polar surface area (TPSA) is 79.8 Å². The third kappa shape index (κ3) is 12.8. The van der Waals surface area contributed by atoms with Gasteiger partial charge in [-0.2, -0.15) is 5.10 Å². The van der Waals surface area contributed by atoms with Crippen molar-refractivity contribution in [2.45, 2.75) is 77.7 Å². The molecule has 0 spiro atoms. The van der Waals surface area contributed by atoms with Crippen LogP contribution in [0, 0.1) is 0 Å². The Kier molecular flexibility index (Phi) is 13.8. The van der Waals surface area contributed by atoms with Gasteiger partial charge in [0.15, 0.2) is 0 Å². The van der Waals surface area contributed by atoms with Gasteiger partial charge in [-0.25, -0.2) is 5.43 Å². The Morgan fingerprint density at radius 3 is 2.29 bits per heavy atom. The number of rotatable bonds is 17. The van der Waals surface area contributed by atoms with Crippen molar-refractivity contribution in [3.05, 3.63) is 65.7 Å². The Labute approximate surface area is 204 Å². The van der Waals surface area contributed by atoms with E-state index in [4.69, 9.17) is 4.74 Å². The van der Waals surface area contributed by atoms with Gasteiger partial charge in [-0.05, 0) is 29.7 Å². The van der Waals surface area contributed by atoms with Gasteiger partial charge in [0.05, 0.1) is 12.8 Å². The Morgan fingerprint density at radius 2 is 1.56 bits per heavy atom. The first kappa shape index (κ1) is 27.1. The number of hydrogen-bond donors (Lipinski definition) is 2. The van der Waals surface area contributed by atoms with Gasteiger partial charge in [0.1, 0.15) is 12.4 Å². The number of hydrogen-bond acceptors (Lipinski definition) is 4. The second kappa shape index (κ2) is 17.3. The van der Waals surface area contributed by atoms with Crippen molar-refractivity contribution in [1.29, 1.82) is 0 Å². The molecule has 0 aliphatic heterocycles. The maximum absolute atomic E-state index is 11.9. The van der Waals surface area contributed by atoms with Crippen LogP contribution in [0.15, 0.2) is 59.7 Å². The molecule has 2 aromatic rings. The van der Waals surface area contributed by atoms with Crippen LogP contribution in [-0.4, -0.2) is 24.6 Å². The van der Waals surface area contributed by atoms with E-state index in [9.17, 15) is 9.59 Å². The normalized spacial score (nSPS) is 10.9. The molecule has 0 bridgehead atoms. The molecule has 0 aliphatic rings. The second-order valence-electron chi connectivity index (χ2n) is 8.50. The van der Waals surface area contributed by atoms with Crippen LogP contribution >= 0.6 is 0 Å². The number of carbonyl (C=O) groups excluding carboxylic acids is 2. The highest BCUT2D eigenvalue weighted by Gasteiger charge is 2.05. The maximum atomic E-state index is 11.9. The molecule has 2 rings (SSSR count). The number of unbranched alkanes of at least 4 members (excludes halogenated alkanes) is 8. The summed E-state index contributed by atoms with van der Waals surface area (Å²) in [6, 6.07) is 17.4. The van der Waals surface area contributed by atoms with Gasteiger partial charge in [0.25, 0.3) is 5.91 Å². The molecule has 0 fully saturated rings. The molecule has 0 radical (unpaired) electrons. The number of benzene rings is 2. The first-order chi connectivity index (χ1) is 16.7. The molecule has 0 heterocycles. The molecular formula is C28H39N3O3. The number of nitrogens with one attached hydrogen (secondary N) is 2. The van der Waals surface area contributed by atoms with Crippen LogP contribution in [-0.2, 0) is 16.2 Å². The quantitative estimate of drug-likeness (QED) is 0.177. The van der Waals surface area contributed by atoms with Gasteiger partial charge in [0.2, 0.25) is 5.91 Å². The van der Waals surface area contributed by atoms with Gasteiger partial charge >= 0.3 is 0 Å². The zero-order valence-corrected chi connectivity index (χ0v) is 20.4. The fraction of sp³-hybridized carbons (Fsp3) is 0.464. The lowest BCUT2D eigenvalue weighted by molar-refractivity contribution is -0.126. The molecule has 6 nitrogen and oxygen atoms in total. The summed E-state index contributed by atoms with van der Waals surface area (Å²) in [5.74, 6) is 0.279. The Hall–Kier alpha value is -3.15. The number of carbonyl (C=O) groups is 2. The van der Waals surface area contributed by atoms with Crippen molar-refractivity contribution in [3.63, 3.8) is 0 Å². The molecule has 0 saturated carbocycles. The highest BCUT2D eigenvalue weighted by atomic mass is 16.5. The van der Waals surface area contributed by atoms with E-state index in [0.717, 1.165) is 29.7 Å². The molecule has 0 aromatic heterocycles. The number of hydrazone groups is 1. The molecule has 0 saturated heterocycles. The summed E-state index contributed by atoms with van der Waals surface area (Å²) >= 11 is 0. The summed E-state index contributed by atoms with van der Waals surface area (Å²) in [5.41, 5.74) is 4.34. The fourth-order valence-electron chi connectivity index (χ4n) is 3.51. The molecule has 2 amide bonds. The fourth-order valence-corrected chi connectivity index (χ4v) is 3.51. The van der Waals surface area contributed by atoms with Crippen molar-refractivity contribution in [3.8, 4) is 5.75 Å². The highest BCUT2D eigenvalue weighted by molar-refractivity contribution is 5.86. The predicted molar refractivity (Wildman–Crippen MR) is 138 cm³/mol. The minimum atomic E-state index is -0.354. The minimum Gasteiger partial charge on any atom is -0.489 e.